The first kappa shape index (κ1) is 19.3. The van der Waals surface area contributed by atoms with Crippen LogP contribution >= 0.6 is 0 Å². The number of hydrogen-bond donors (Lipinski definition) is 2. The summed E-state index contributed by atoms with van der Waals surface area (Å²) in [7, 11) is -1.34. The topological polar surface area (TPSA) is 79.8 Å². The van der Waals surface area contributed by atoms with Crippen LogP contribution in [0.5, 0.6) is 5.75 Å². The maximum atomic E-state index is 11.5. The van der Waals surface area contributed by atoms with Gasteiger partial charge in [0.25, 0.3) is 0 Å². The Bertz CT molecular complexity index is 627. The van der Waals surface area contributed by atoms with Crippen LogP contribution in [-0.4, -0.2) is 46.1 Å². The van der Waals surface area contributed by atoms with Crippen LogP contribution in [-0.2, 0) is 16.4 Å². The van der Waals surface area contributed by atoms with Crippen LogP contribution in [0, 0.1) is 6.92 Å². The molecular weight excluding hydrogens is 314 g/mol. The highest BCUT2D eigenvalue weighted by Crippen LogP contribution is 2.20. The third kappa shape index (κ3) is 6.90. The fourth-order valence-electron chi connectivity index (χ4n) is 1.96. The van der Waals surface area contributed by atoms with Crippen LogP contribution in [0.15, 0.2) is 23.2 Å². The van der Waals surface area contributed by atoms with Crippen molar-refractivity contribution in [2.24, 2.45) is 4.99 Å². The molecule has 1 rings (SSSR count). The van der Waals surface area contributed by atoms with E-state index in [-0.39, 0.29) is 11.5 Å². The molecule has 0 atom stereocenters. The van der Waals surface area contributed by atoms with Gasteiger partial charge < -0.3 is 15.4 Å². The lowest BCUT2D eigenvalue weighted by atomic mass is 10.1. The Morgan fingerprint density at radius 3 is 2.61 bits per heavy atom. The average Bonchev–Trinajstić information content (AvgIpc) is 2.53. The van der Waals surface area contributed by atoms with Crippen molar-refractivity contribution in [3.05, 3.63) is 29.3 Å². The van der Waals surface area contributed by atoms with Gasteiger partial charge in [-0.05, 0) is 25.5 Å². The molecule has 0 bridgehead atoms. The highest BCUT2D eigenvalue weighted by molar-refractivity contribution is 7.91. The van der Waals surface area contributed by atoms with Gasteiger partial charge in [0.2, 0.25) is 0 Å². The minimum atomic E-state index is -2.98. The summed E-state index contributed by atoms with van der Waals surface area (Å²) in [5, 5.41) is 6.16. The molecule has 0 aliphatic rings. The van der Waals surface area contributed by atoms with Crippen molar-refractivity contribution in [2.45, 2.75) is 27.3 Å². The van der Waals surface area contributed by atoms with E-state index in [1.54, 1.807) is 14.0 Å². The minimum absolute atomic E-state index is 0.0990. The molecule has 0 aliphatic heterocycles. The average molecular weight is 341 g/mol. The second kappa shape index (κ2) is 9.39. The number of ether oxygens (including phenoxy) is 1. The van der Waals surface area contributed by atoms with Gasteiger partial charge in [-0.1, -0.05) is 19.1 Å². The van der Waals surface area contributed by atoms with Crippen molar-refractivity contribution in [3.8, 4) is 5.75 Å². The molecule has 0 unspecified atom stereocenters. The summed E-state index contributed by atoms with van der Waals surface area (Å²) in [6.07, 6.45) is 0. The van der Waals surface area contributed by atoms with E-state index >= 15 is 0 Å². The predicted molar refractivity (Wildman–Crippen MR) is 94.9 cm³/mol. The van der Waals surface area contributed by atoms with Crippen LogP contribution in [0.25, 0.3) is 0 Å². The molecule has 6 nitrogen and oxygen atoms in total. The molecule has 0 fully saturated rings. The number of sulfone groups is 1. The van der Waals surface area contributed by atoms with Gasteiger partial charge in [-0.15, -0.1) is 0 Å². The molecule has 130 valence electrons. The van der Waals surface area contributed by atoms with Gasteiger partial charge in [0.1, 0.15) is 5.75 Å². The second-order valence-corrected chi connectivity index (χ2v) is 7.65. The largest absolute Gasteiger partial charge is 0.496 e. The van der Waals surface area contributed by atoms with Crippen LogP contribution < -0.4 is 15.4 Å². The number of rotatable bonds is 8. The molecule has 0 aliphatic carbocycles. The molecule has 7 heteroatoms. The molecule has 0 amide bonds. The third-order valence-electron chi connectivity index (χ3n) is 3.34. The van der Waals surface area contributed by atoms with E-state index in [1.165, 1.54) is 0 Å². The van der Waals surface area contributed by atoms with Crippen molar-refractivity contribution in [1.82, 2.24) is 10.6 Å². The number of nitrogens with one attached hydrogen (secondary N) is 2. The molecule has 0 aromatic heterocycles. The van der Waals surface area contributed by atoms with Crippen molar-refractivity contribution < 1.29 is 13.2 Å². The molecule has 1 aromatic carbocycles. The standard InChI is InChI=1S/C16H27N3O3S/c1-5-17-16(18-9-10-23(20,21)6-2)19-12-14-8-7-13(3)11-15(14)22-4/h7-8,11H,5-6,9-10,12H2,1-4H3,(H2,17,18,19). The van der Waals surface area contributed by atoms with E-state index in [4.69, 9.17) is 4.74 Å². The molecule has 23 heavy (non-hydrogen) atoms. The summed E-state index contributed by atoms with van der Waals surface area (Å²) in [5.41, 5.74) is 2.11. The Balaban J connectivity index is 2.72. The Morgan fingerprint density at radius 1 is 1.26 bits per heavy atom. The molecule has 0 saturated carbocycles. The molecular formula is C16H27N3O3S. The number of nitrogens with zero attached hydrogens (tertiary/aromatic N) is 1. The number of aryl methyl sites for hydroxylation is 1. The highest BCUT2D eigenvalue weighted by atomic mass is 32.2. The summed E-state index contributed by atoms with van der Waals surface area (Å²) >= 11 is 0. The van der Waals surface area contributed by atoms with Crippen LogP contribution in [0.1, 0.15) is 25.0 Å². The summed E-state index contributed by atoms with van der Waals surface area (Å²) in [4.78, 5) is 4.49. The zero-order chi connectivity index (χ0) is 17.3. The molecule has 0 saturated heterocycles. The van der Waals surface area contributed by atoms with Crippen LogP contribution in [0.3, 0.4) is 0 Å². The van der Waals surface area contributed by atoms with Gasteiger partial charge in [0.15, 0.2) is 15.8 Å². The Labute approximate surface area is 139 Å². The quantitative estimate of drug-likeness (QED) is 0.553. The lowest BCUT2D eigenvalue weighted by Crippen LogP contribution is -2.39. The lowest BCUT2D eigenvalue weighted by molar-refractivity contribution is 0.409. The zero-order valence-corrected chi connectivity index (χ0v) is 15.2. The second-order valence-electron chi connectivity index (χ2n) is 5.17. The summed E-state index contributed by atoms with van der Waals surface area (Å²) in [5.74, 6) is 1.66. The first-order chi connectivity index (χ1) is 10.9. The number of hydrogen-bond acceptors (Lipinski definition) is 4. The number of methoxy groups -OCH3 is 1. The smallest absolute Gasteiger partial charge is 0.191 e. The Hall–Kier alpha value is -1.76. The van der Waals surface area contributed by atoms with E-state index in [0.29, 0.717) is 25.6 Å². The van der Waals surface area contributed by atoms with E-state index < -0.39 is 9.84 Å². The predicted octanol–water partition coefficient (Wildman–Crippen LogP) is 1.49. The number of benzene rings is 1. The Morgan fingerprint density at radius 2 is 2.00 bits per heavy atom. The van der Waals surface area contributed by atoms with Crippen LogP contribution in [0.4, 0.5) is 0 Å². The van der Waals surface area contributed by atoms with E-state index in [1.807, 2.05) is 32.0 Å². The third-order valence-corrected chi connectivity index (χ3v) is 5.05. The first-order valence-corrected chi connectivity index (χ1v) is 9.60. The van der Waals surface area contributed by atoms with Gasteiger partial charge in [0, 0.05) is 24.4 Å². The van der Waals surface area contributed by atoms with Crippen molar-refractivity contribution in [2.75, 3.05) is 31.7 Å². The maximum Gasteiger partial charge on any atom is 0.191 e. The normalized spacial score (nSPS) is 12.1. The molecule has 0 spiro atoms. The summed E-state index contributed by atoms with van der Waals surface area (Å²) in [6, 6.07) is 5.98. The van der Waals surface area contributed by atoms with Gasteiger partial charge in [-0.2, -0.15) is 0 Å². The lowest BCUT2D eigenvalue weighted by Gasteiger charge is -2.12. The monoisotopic (exact) mass is 341 g/mol. The first-order valence-electron chi connectivity index (χ1n) is 7.78. The SMILES string of the molecule is CCNC(=NCc1ccc(C)cc1OC)NCCS(=O)(=O)CC. The van der Waals surface area contributed by atoms with E-state index in [9.17, 15) is 8.42 Å². The molecule has 0 heterocycles. The molecule has 2 N–H and O–H groups in total. The highest BCUT2D eigenvalue weighted by Gasteiger charge is 2.08. The van der Waals surface area contributed by atoms with E-state index in [0.717, 1.165) is 16.9 Å². The minimum Gasteiger partial charge on any atom is -0.496 e. The van der Waals surface area contributed by atoms with Crippen LogP contribution in [0.2, 0.25) is 0 Å². The van der Waals surface area contributed by atoms with E-state index in [2.05, 4.69) is 15.6 Å². The van der Waals surface area contributed by atoms with Gasteiger partial charge in [0.05, 0.1) is 19.4 Å². The molecule has 1 aromatic rings. The number of aliphatic imine (C=N–C) groups is 1. The van der Waals surface area contributed by atoms with Crippen molar-refractivity contribution >= 4 is 15.8 Å². The molecule has 0 radical (unpaired) electrons. The fraction of sp³-hybridized carbons (Fsp3) is 0.562. The fourth-order valence-corrected chi connectivity index (χ4v) is 2.66. The van der Waals surface area contributed by atoms with Gasteiger partial charge in [-0.25, -0.2) is 13.4 Å². The number of guanidine groups is 1. The van der Waals surface area contributed by atoms with Crippen molar-refractivity contribution in [1.29, 1.82) is 0 Å². The van der Waals surface area contributed by atoms with Gasteiger partial charge in [-0.3, -0.25) is 0 Å². The Kier molecular flexibility index (Phi) is 7.88. The zero-order valence-electron chi connectivity index (χ0n) is 14.3. The van der Waals surface area contributed by atoms with Crippen molar-refractivity contribution in [3.63, 3.8) is 0 Å². The summed E-state index contributed by atoms with van der Waals surface area (Å²) < 4.78 is 28.4. The maximum absolute atomic E-state index is 11.5. The summed E-state index contributed by atoms with van der Waals surface area (Å²) in [6.45, 7) is 7.13. The van der Waals surface area contributed by atoms with Gasteiger partial charge >= 0.3 is 0 Å².